The molecule has 0 aromatic carbocycles. The molecule has 0 spiro atoms. The Kier molecular flexibility index (Phi) is 34.5. The Labute approximate surface area is 310 Å². The molecule has 0 saturated carbocycles. The average molecular weight is 795 g/mol. The van der Waals surface area contributed by atoms with E-state index in [2.05, 4.69) is 21.3 Å². The van der Waals surface area contributed by atoms with E-state index in [9.17, 15) is 41.9 Å². The first-order valence-electron chi connectivity index (χ1n) is 16.9. The molecule has 4 amide bonds. The lowest BCUT2D eigenvalue weighted by Gasteiger charge is -2.09. The number of nitrogens with one attached hydrogen (secondary N) is 4. The summed E-state index contributed by atoms with van der Waals surface area (Å²) < 4.78 is 63.7. The van der Waals surface area contributed by atoms with Gasteiger partial charge in [-0.2, -0.15) is 13.2 Å². The largest absolute Gasteiger partial charge is 0.490 e. The first-order valence-corrected chi connectivity index (χ1v) is 16.9. The van der Waals surface area contributed by atoms with Crippen molar-refractivity contribution in [3.63, 3.8) is 0 Å². The highest BCUT2D eigenvalue weighted by atomic mass is 19.4. The van der Waals surface area contributed by atoms with Crippen molar-refractivity contribution in [2.45, 2.75) is 51.1 Å². The zero-order chi connectivity index (χ0) is 40.9. The van der Waals surface area contributed by atoms with Crippen LogP contribution in [0.2, 0.25) is 0 Å². The molecule has 0 aliphatic heterocycles. The van der Waals surface area contributed by atoms with E-state index in [0.717, 1.165) is 0 Å². The fourth-order valence-corrected chi connectivity index (χ4v) is 3.32. The van der Waals surface area contributed by atoms with Crippen LogP contribution in [0, 0.1) is 0 Å². The minimum absolute atomic E-state index is 0.0895. The van der Waals surface area contributed by atoms with Crippen molar-refractivity contribution in [2.24, 2.45) is 0 Å². The number of carbonyl (C=O) groups is 7. The van der Waals surface area contributed by atoms with Crippen LogP contribution >= 0.6 is 0 Å². The average Bonchev–Trinajstić information content (AvgIpc) is 3.08. The highest BCUT2D eigenvalue weighted by Crippen LogP contribution is 2.13. The lowest BCUT2D eigenvalue weighted by Crippen LogP contribution is -2.29. The molecule has 0 atom stereocenters. The Hall–Kier alpha value is -4.16. The molecule has 0 bridgehead atoms. The lowest BCUT2D eigenvalue weighted by molar-refractivity contribution is -0.192. The summed E-state index contributed by atoms with van der Waals surface area (Å²) in [5.41, 5.74) is 0. The lowest BCUT2D eigenvalue weighted by atomic mass is 10.2. The number of carbonyl (C=O) groups excluding carboxylic acids is 4. The van der Waals surface area contributed by atoms with Crippen LogP contribution in [0.5, 0.6) is 0 Å². The number of aliphatic carboxylic acids is 3. The van der Waals surface area contributed by atoms with E-state index in [1.54, 1.807) is 0 Å². The minimum Gasteiger partial charge on any atom is -0.481 e. The van der Waals surface area contributed by atoms with Gasteiger partial charge in [-0.25, -0.2) is 4.79 Å². The third-order valence-electron chi connectivity index (χ3n) is 5.94. The van der Waals surface area contributed by atoms with Crippen molar-refractivity contribution in [2.75, 3.05) is 105 Å². The molecule has 0 radical (unpaired) electrons. The summed E-state index contributed by atoms with van der Waals surface area (Å²) in [6, 6.07) is 0. The normalized spacial score (nSPS) is 10.8. The molecule has 0 heterocycles. The standard InChI is InChI=1S/C29H52N4O14.C2HF3O2/c34-24(32-10-14-44-18-22-46-20-16-42-12-6-26(36)30-8-4-28(38)39)2-1-3-25(35)33-11-15-45-19-23-47-21-17-43-13-7-27(37)31-9-5-29(40)41;3-2(4,5)1(6)7/h1-23H2,(H,30,36)(H,31,37)(H,32,34)(H,33,35)(H,38,39)(H,40,41);(H,6,7). The number of carboxylic acid groups (broad SMARTS) is 3. The molecule has 20 nitrogen and oxygen atoms in total. The third kappa shape index (κ3) is 42.3. The molecule has 0 saturated heterocycles. The van der Waals surface area contributed by atoms with Gasteiger partial charge in [-0.1, -0.05) is 0 Å². The molecule has 54 heavy (non-hydrogen) atoms. The Morgan fingerprint density at radius 3 is 0.944 bits per heavy atom. The zero-order valence-corrected chi connectivity index (χ0v) is 30.0. The maximum Gasteiger partial charge on any atom is 0.490 e. The summed E-state index contributed by atoms with van der Waals surface area (Å²) in [5.74, 6) is -5.58. The van der Waals surface area contributed by atoms with Gasteiger partial charge in [0, 0.05) is 51.9 Å². The number of carboxylic acids is 3. The summed E-state index contributed by atoms with van der Waals surface area (Å²) in [6.45, 7) is 4.60. The SMILES string of the molecule is O=C(O)C(F)(F)F.O=C(O)CCNC(=O)CCOCCOCCOCCNC(=O)CCCC(=O)NCCOCCOCCOCCC(=O)NCCC(=O)O. The van der Waals surface area contributed by atoms with Gasteiger partial charge in [0.2, 0.25) is 23.6 Å². The second-order valence-corrected chi connectivity index (χ2v) is 10.5. The van der Waals surface area contributed by atoms with Crippen molar-refractivity contribution in [1.29, 1.82) is 0 Å². The molecule has 23 heteroatoms. The van der Waals surface area contributed by atoms with Gasteiger partial charge in [0.25, 0.3) is 0 Å². The van der Waals surface area contributed by atoms with Crippen LogP contribution in [-0.2, 0) is 62.0 Å². The number of amides is 4. The van der Waals surface area contributed by atoms with Crippen LogP contribution in [-0.4, -0.2) is 168 Å². The first-order chi connectivity index (χ1) is 25.6. The molecule has 0 fully saturated rings. The topological polar surface area (TPSA) is 284 Å². The van der Waals surface area contributed by atoms with Crippen molar-refractivity contribution >= 4 is 41.5 Å². The fraction of sp³-hybridized carbons (Fsp3) is 0.774. The number of ether oxygens (including phenoxy) is 6. The fourth-order valence-electron chi connectivity index (χ4n) is 3.32. The molecule has 314 valence electrons. The van der Waals surface area contributed by atoms with Crippen LogP contribution < -0.4 is 21.3 Å². The van der Waals surface area contributed by atoms with Crippen LogP contribution in [0.25, 0.3) is 0 Å². The van der Waals surface area contributed by atoms with Crippen LogP contribution in [0.4, 0.5) is 13.2 Å². The van der Waals surface area contributed by atoms with Gasteiger partial charge >= 0.3 is 24.1 Å². The molecule has 0 aliphatic rings. The van der Waals surface area contributed by atoms with E-state index in [0.29, 0.717) is 85.6 Å². The molecular weight excluding hydrogens is 741 g/mol. The van der Waals surface area contributed by atoms with Gasteiger partial charge in [-0.15, -0.1) is 0 Å². The van der Waals surface area contributed by atoms with E-state index in [4.69, 9.17) is 48.5 Å². The molecular formula is C31H53F3N4O16. The van der Waals surface area contributed by atoms with Gasteiger partial charge < -0.3 is 65.0 Å². The maximum absolute atomic E-state index is 11.9. The number of hydrogen-bond acceptors (Lipinski definition) is 13. The Morgan fingerprint density at radius 2 is 0.648 bits per heavy atom. The second kappa shape index (κ2) is 35.8. The number of halogens is 3. The molecule has 0 aromatic rings. The quantitative estimate of drug-likeness (QED) is 0.0388. The summed E-state index contributed by atoms with van der Waals surface area (Å²) in [5, 5.41) is 34.6. The van der Waals surface area contributed by atoms with Crippen molar-refractivity contribution in [1.82, 2.24) is 21.3 Å². The van der Waals surface area contributed by atoms with Gasteiger partial charge in [0.15, 0.2) is 0 Å². The van der Waals surface area contributed by atoms with Crippen molar-refractivity contribution < 1.29 is 90.5 Å². The summed E-state index contributed by atoms with van der Waals surface area (Å²) in [7, 11) is 0. The van der Waals surface area contributed by atoms with Gasteiger partial charge in [0.1, 0.15) is 0 Å². The Balaban J connectivity index is 0. The molecule has 7 N–H and O–H groups in total. The zero-order valence-electron chi connectivity index (χ0n) is 30.0. The summed E-state index contributed by atoms with van der Waals surface area (Å²) >= 11 is 0. The Bertz CT molecular complexity index is 1000. The predicted molar refractivity (Wildman–Crippen MR) is 178 cm³/mol. The first kappa shape index (κ1) is 51.9. The van der Waals surface area contributed by atoms with E-state index < -0.39 is 24.1 Å². The number of hydrogen-bond donors (Lipinski definition) is 7. The third-order valence-corrected chi connectivity index (χ3v) is 5.94. The van der Waals surface area contributed by atoms with Crippen LogP contribution in [0.1, 0.15) is 44.9 Å². The van der Waals surface area contributed by atoms with Crippen LogP contribution in [0.3, 0.4) is 0 Å². The highest BCUT2D eigenvalue weighted by Gasteiger charge is 2.38. The molecule has 0 unspecified atom stereocenters. The number of alkyl halides is 3. The van der Waals surface area contributed by atoms with Crippen molar-refractivity contribution in [3.05, 3.63) is 0 Å². The van der Waals surface area contributed by atoms with E-state index in [-0.39, 0.29) is 88.5 Å². The van der Waals surface area contributed by atoms with Crippen molar-refractivity contribution in [3.8, 4) is 0 Å². The smallest absolute Gasteiger partial charge is 0.481 e. The van der Waals surface area contributed by atoms with Gasteiger partial charge in [-0.3, -0.25) is 28.8 Å². The molecule has 0 rings (SSSR count). The van der Waals surface area contributed by atoms with E-state index in [1.807, 2.05) is 0 Å². The monoisotopic (exact) mass is 794 g/mol. The van der Waals surface area contributed by atoms with Crippen LogP contribution in [0.15, 0.2) is 0 Å². The van der Waals surface area contributed by atoms with Gasteiger partial charge in [0.05, 0.1) is 92.1 Å². The Morgan fingerprint density at radius 1 is 0.389 bits per heavy atom. The summed E-state index contributed by atoms with van der Waals surface area (Å²) in [4.78, 5) is 76.3. The van der Waals surface area contributed by atoms with Gasteiger partial charge in [-0.05, 0) is 6.42 Å². The molecule has 0 aromatic heterocycles. The predicted octanol–water partition coefficient (Wildman–Crippen LogP) is -0.916. The van der Waals surface area contributed by atoms with E-state index in [1.165, 1.54) is 0 Å². The maximum atomic E-state index is 11.9. The second-order valence-electron chi connectivity index (χ2n) is 10.5. The van der Waals surface area contributed by atoms with E-state index >= 15 is 0 Å². The molecule has 0 aliphatic carbocycles. The number of rotatable bonds is 34. The summed E-state index contributed by atoms with van der Waals surface area (Å²) in [6.07, 6.45) is -4.19. The highest BCUT2D eigenvalue weighted by molar-refractivity contribution is 5.79. The minimum atomic E-state index is -5.08.